The minimum atomic E-state index is -0.249. The lowest BCUT2D eigenvalue weighted by molar-refractivity contribution is 0.309. The highest BCUT2D eigenvalue weighted by molar-refractivity contribution is 7.10. The average Bonchev–Trinajstić information content (AvgIpc) is 3.23. The Labute approximate surface area is 159 Å². The normalized spacial score (nSPS) is 11.2. The molecule has 0 radical (unpaired) electrons. The molecule has 4 rings (SSSR count). The van der Waals surface area contributed by atoms with Crippen LogP contribution >= 0.6 is 11.3 Å². The van der Waals surface area contributed by atoms with E-state index in [4.69, 9.17) is 4.74 Å². The largest absolute Gasteiger partial charge is 0.488 e. The number of aryl methyl sites for hydroxylation is 2. The third kappa shape index (κ3) is 3.38. The Hall–Kier alpha value is -2.93. The maximum absolute atomic E-state index is 13.0. The molecule has 5 nitrogen and oxygen atoms in total. The lowest BCUT2D eigenvalue weighted by atomic mass is 10.2. The molecule has 0 bridgehead atoms. The highest BCUT2D eigenvalue weighted by Gasteiger charge is 2.09. The molecule has 4 aromatic rings. The molecule has 27 heavy (non-hydrogen) atoms. The lowest BCUT2D eigenvalue weighted by Gasteiger charge is -2.09. The van der Waals surface area contributed by atoms with Gasteiger partial charge in [-0.05, 0) is 36.4 Å². The first kappa shape index (κ1) is 17.5. The fourth-order valence-corrected chi connectivity index (χ4v) is 3.68. The van der Waals surface area contributed by atoms with Crippen LogP contribution in [-0.4, -0.2) is 14.1 Å². The zero-order chi connectivity index (χ0) is 19.0. The van der Waals surface area contributed by atoms with E-state index in [1.165, 1.54) is 12.1 Å². The van der Waals surface area contributed by atoms with Gasteiger partial charge in [0.2, 0.25) is 0 Å². The molecule has 0 aliphatic heterocycles. The van der Waals surface area contributed by atoms with Crippen molar-refractivity contribution in [1.29, 1.82) is 0 Å². The number of imidazole rings is 1. The van der Waals surface area contributed by atoms with Gasteiger partial charge in [-0.3, -0.25) is 9.36 Å². The first-order chi connectivity index (χ1) is 13.0. The molecule has 0 amide bonds. The topological polar surface area (TPSA) is 49.1 Å². The zero-order valence-electron chi connectivity index (χ0n) is 15.0. The second-order valence-electron chi connectivity index (χ2n) is 6.18. The number of benzene rings is 1. The number of rotatable bonds is 5. The van der Waals surface area contributed by atoms with Gasteiger partial charge in [0.15, 0.2) is 5.13 Å². The summed E-state index contributed by atoms with van der Waals surface area (Å²) in [6.45, 7) is 2.30. The first-order valence-electron chi connectivity index (χ1n) is 8.60. The van der Waals surface area contributed by atoms with Gasteiger partial charge in [-0.15, -0.1) is 11.3 Å². The SMILES string of the molecule is CCc1nc2ccc(-n3ccc(OCc4ccc(F)s4)cc3=O)cc2n1C. The van der Waals surface area contributed by atoms with E-state index in [1.54, 1.807) is 22.9 Å². The summed E-state index contributed by atoms with van der Waals surface area (Å²) in [7, 11) is 1.98. The number of pyridine rings is 1. The standard InChI is InChI=1S/C20H18FN3O2S/c1-3-19-22-16-6-4-13(10-17(16)23(19)2)24-9-8-14(11-20(24)25)26-12-15-5-7-18(21)27-15/h4-11H,3,12H2,1-2H3. The van der Waals surface area contributed by atoms with E-state index in [2.05, 4.69) is 11.9 Å². The predicted octanol–water partition coefficient (Wildman–Crippen LogP) is 4.07. The fourth-order valence-electron chi connectivity index (χ4n) is 3.04. The van der Waals surface area contributed by atoms with Crippen LogP contribution in [-0.2, 0) is 20.1 Å². The van der Waals surface area contributed by atoms with Crippen LogP contribution in [0.2, 0.25) is 0 Å². The van der Waals surface area contributed by atoms with Crippen LogP contribution in [0.5, 0.6) is 5.75 Å². The Bertz CT molecular complexity index is 1180. The summed E-state index contributed by atoms with van der Waals surface area (Å²) < 4.78 is 22.2. The van der Waals surface area contributed by atoms with E-state index in [1.807, 2.05) is 29.8 Å². The second-order valence-corrected chi connectivity index (χ2v) is 7.30. The van der Waals surface area contributed by atoms with Crippen molar-refractivity contribution in [3.05, 3.63) is 74.8 Å². The minimum Gasteiger partial charge on any atom is -0.488 e. The van der Waals surface area contributed by atoms with Crippen LogP contribution in [0.25, 0.3) is 16.7 Å². The summed E-state index contributed by atoms with van der Waals surface area (Å²) in [5.74, 6) is 1.46. The molecule has 0 N–H and O–H groups in total. The molecular formula is C20H18FN3O2S. The van der Waals surface area contributed by atoms with Crippen LogP contribution in [0.15, 0.2) is 53.5 Å². The summed E-state index contributed by atoms with van der Waals surface area (Å²) in [4.78, 5) is 17.9. The highest BCUT2D eigenvalue weighted by Crippen LogP contribution is 2.20. The van der Waals surface area contributed by atoms with E-state index in [-0.39, 0.29) is 17.3 Å². The van der Waals surface area contributed by atoms with Gasteiger partial charge in [0, 0.05) is 30.6 Å². The molecule has 1 aromatic carbocycles. The summed E-state index contributed by atoms with van der Waals surface area (Å²) >= 11 is 1.03. The number of ether oxygens (including phenoxy) is 1. The molecule has 0 saturated heterocycles. The molecule has 7 heteroatoms. The number of thiophene rings is 1. The Balaban J connectivity index is 1.61. The first-order valence-corrected chi connectivity index (χ1v) is 9.42. The predicted molar refractivity (Wildman–Crippen MR) is 104 cm³/mol. The van der Waals surface area contributed by atoms with Crippen molar-refractivity contribution in [2.24, 2.45) is 7.05 Å². The maximum Gasteiger partial charge on any atom is 0.258 e. The molecule has 3 aromatic heterocycles. The highest BCUT2D eigenvalue weighted by atomic mass is 32.1. The van der Waals surface area contributed by atoms with Crippen molar-refractivity contribution < 1.29 is 9.13 Å². The third-order valence-electron chi connectivity index (χ3n) is 4.45. The van der Waals surface area contributed by atoms with Gasteiger partial charge < -0.3 is 9.30 Å². The molecule has 0 unspecified atom stereocenters. The Kier molecular flexibility index (Phi) is 4.53. The Morgan fingerprint density at radius 3 is 2.74 bits per heavy atom. The molecule has 138 valence electrons. The van der Waals surface area contributed by atoms with Gasteiger partial charge in [0.05, 0.1) is 16.7 Å². The Morgan fingerprint density at radius 1 is 1.19 bits per heavy atom. The van der Waals surface area contributed by atoms with Crippen LogP contribution in [0.1, 0.15) is 17.6 Å². The van der Waals surface area contributed by atoms with Gasteiger partial charge in [-0.25, -0.2) is 4.98 Å². The number of nitrogens with zero attached hydrogens (tertiary/aromatic N) is 3. The number of halogens is 1. The van der Waals surface area contributed by atoms with Gasteiger partial charge >= 0.3 is 0 Å². The van der Waals surface area contributed by atoms with Crippen molar-refractivity contribution >= 4 is 22.4 Å². The third-order valence-corrected chi connectivity index (χ3v) is 5.30. The van der Waals surface area contributed by atoms with Crippen LogP contribution < -0.4 is 10.3 Å². The smallest absolute Gasteiger partial charge is 0.258 e. The lowest BCUT2D eigenvalue weighted by Crippen LogP contribution is -2.16. The molecule has 0 saturated carbocycles. The van der Waals surface area contributed by atoms with Gasteiger partial charge in [-0.2, -0.15) is 4.39 Å². The van der Waals surface area contributed by atoms with E-state index >= 15 is 0 Å². The van der Waals surface area contributed by atoms with Gasteiger partial charge in [0.25, 0.3) is 5.56 Å². The molecular weight excluding hydrogens is 365 g/mol. The maximum atomic E-state index is 13.0. The second kappa shape index (κ2) is 7.00. The van der Waals surface area contributed by atoms with Crippen molar-refractivity contribution in [2.45, 2.75) is 20.0 Å². The van der Waals surface area contributed by atoms with Crippen LogP contribution in [0.3, 0.4) is 0 Å². The van der Waals surface area contributed by atoms with E-state index in [0.717, 1.165) is 45.2 Å². The molecule has 0 aliphatic rings. The monoisotopic (exact) mass is 383 g/mol. The van der Waals surface area contributed by atoms with Gasteiger partial charge in [-0.1, -0.05) is 6.92 Å². The molecule has 0 spiro atoms. The quantitative estimate of drug-likeness (QED) is 0.522. The summed E-state index contributed by atoms with van der Waals surface area (Å²) in [6.07, 6.45) is 2.53. The molecule has 0 atom stereocenters. The molecule has 0 fully saturated rings. The minimum absolute atomic E-state index is 0.193. The number of fused-ring (bicyclic) bond motifs is 1. The van der Waals surface area contributed by atoms with Crippen molar-refractivity contribution in [1.82, 2.24) is 14.1 Å². The van der Waals surface area contributed by atoms with E-state index in [9.17, 15) is 9.18 Å². The molecule has 0 aliphatic carbocycles. The van der Waals surface area contributed by atoms with Crippen molar-refractivity contribution in [3.8, 4) is 11.4 Å². The summed E-state index contributed by atoms with van der Waals surface area (Å²) in [5.41, 5.74) is 2.47. The summed E-state index contributed by atoms with van der Waals surface area (Å²) in [5, 5.41) is -0.249. The van der Waals surface area contributed by atoms with Crippen LogP contribution in [0.4, 0.5) is 4.39 Å². The Morgan fingerprint density at radius 2 is 2.04 bits per heavy atom. The zero-order valence-corrected chi connectivity index (χ0v) is 15.8. The van der Waals surface area contributed by atoms with Crippen LogP contribution in [0, 0.1) is 5.13 Å². The fraction of sp³-hybridized carbons (Fsp3) is 0.200. The van der Waals surface area contributed by atoms with E-state index < -0.39 is 0 Å². The molecule has 3 heterocycles. The van der Waals surface area contributed by atoms with E-state index in [0.29, 0.717) is 5.75 Å². The van der Waals surface area contributed by atoms with Gasteiger partial charge in [0.1, 0.15) is 18.2 Å². The average molecular weight is 383 g/mol. The van der Waals surface area contributed by atoms with Crippen molar-refractivity contribution in [3.63, 3.8) is 0 Å². The van der Waals surface area contributed by atoms with Crippen molar-refractivity contribution in [2.75, 3.05) is 0 Å². The summed E-state index contributed by atoms with van der Waals surface area (Å²) in [6, 6.07) is 12.0. The number of hydrogen-bond donors (Lipinski definition) is 0. The number of hydrogen-bond acceptors (Lipinski definition) is 4. The number of aromatic nitrogens is 3.